The van der Waals surface area contributed by atoms with E-state index in [-0.39, 0.29) is 5.41 Å². The molecule has 0 unspecified atom stereocenters. The second-order valence-corrected chi connectivity index (χ2v) is 15.6. The third kappa shape index (κ3) is 5.38. The Morgan fingerprint density at radius 1 is 0.333 bits per heavy atom. The third-order valence-electron chi connectivity index (χ3n) is 11.9. The van der Waals surface area contributed by atoms with E-state index in [4.69, 9.17) is 15.0 Å². The summed E-state index contributed by atoms with van der Waals surface area (Å²) in [5.41, 5.74) is 12.8. The van der Waals surface area contributed by atoms with Crippen molar-refractivity contribution in [3.05, 3.63) is 199 Å². The Morgan fingerprint density at radius 3 is 1.70 bits per heavy atom. The monoisotopic (exact) mass is 727 g/mol. The van der Waals surface area contributed by atoms with E-state index in [0.717, 1.165) is 27.8 Å². The van der Waals surface area contributed by atoms with E-state index in [1.54, 1.807) is 0 Å². The van der Waals surface area contributed by atoms with Gasteiger partial charge in [0.2, 0.25) is 0 Å². The lowest BCUT2D eigenvalue weighted by Gasteiger charge is -2.24. The van der Waals surface area contributed by atoms with Gasteiger partial charge in [-0.15, -0.1) is 0 Å². The van der Waals surface area contributed by atoms with Gasteiger partial charge in [0.25, 0.3) is 0 Å². The van der Waals surface area contributed by atoms with Crippen LogP contribution in [0.4, 0.5) is 0 Å². The fourth-order valence-electron chi connectivity index (χ4n) is 9.18. The van der Waals surface area contributed by atoms with Crippen molar-refractivity contribution in [1.29, 1.82) is 0 Å². The van der Waals surface area contributed by atoms with E-state index in [1.165, 1.54) is 65.7 Å². The summed E-state index contributed by atoms with van der Waals surface area (Å²) in [7, 11) is 0. The van der Waals surface area contributed by atoms with Crippen molar-refractivity contribution in [2.45, 2.75) is 19.3 Å². The molecular weight excluding hydrogens is 691 g/mol. The van der Waals surface area contributed by atoms with Gasteiger partial charge in [-0.25, -0.2) is 15.0 Å². The summed E-state index contributed by atoms with van der Waals surface area (Å²) < 4.78 is 0. The van der Waals surface area contributed by atoms with Gasteiger partial charge in [-0.05, 0) is 89.0 Å². The maximum absolute atomic E-state index is 5.18. The van der Waals surface area contributed by atoms with Crippen LogP contribution in [-0.4, -0.2) is 15.0 Å². The van der Waals surface area contributed by atoms with Crippen LogP contribution in [0.1, 0.15) is 25.0 Å². The highest BCUT2D eigenvalue weighted by molar-refractivity contribution is 6.20. The molecule has 0 bridgehead atoms. The van der Waals surface area contributed by atoms with E-state index >= 15 is 0 Å². The highest BCUT2D eigenvalue weighted by Crippen LogP contribution is 2.52. The minimum Gasteiger partial charge on any atom is -0.208 e. The average Bonchev–Trinajstić information content (AvgIpc) is 3.51. The first-order valence-electron chi connectivity index (χ1n) is 19.6. The minimum absolute atomic E-state index is 0.127. The molecule has 0 N–H and O–H groups in total. The molecule has 0 fully saturated rings. The fraction of sp³-hybridized carbons (Fsp3) is 0.0556. The molecule has 1 aromatic heterocycles. The van der Waals surface area contributed by atoms with Crippen LogP contribution in [0.2, 0.25) is 0 Å². The highest BCUT2D eigenvalue weighted by Gasteiger charge is 2.37. The van der Waals surface area contributed by atoms with Crippen LogP contribution in [0.25, 0.3) is 99.9 Å². The van der Waals surface area contributed by atoms with Crippen LogP contribution in [0.5, 0.6) is 0 Å². The van der Waals surface area contributed by atoms with Gasteiger partial charge in [0.1, 0.15) is 0 Å². The second kappa shape index (κ2) is 12.9. The lowest BCUT2D eigenvalue weighted by molar-refractivity contribution is 0.662. The molecule has 11 rings (SSSR count). The average molecular weight is 728 g/mol. The molecule has 268 valence electrons. The van der Waals surface area contributed by atoms with Crippen molar-refractivity contribution in [3.8, 4) is 67.5 Å². The van der Waals surface area contributed by atoms with Gasteiger partial charge in [0.05, 0.1) is 0 Å². The largest absolute Gasteiger partial charge is 0.208 e. The summed E-state index contributed by atoms with van der Waals surface area (Å²) in [6.07, 6.45) is 0. The molecule has 0 saturated heterocycles. The summed E-state index contributed by atoms with van der Waals surface area (Å²) in [5, 5.41) is 7.47. The molecule has 3 nitrogen and oxygen atoms in total. The van der Waals surface area contributed by atoms with Crippen LogP contribution in [0.3, 0.4) is 0 Å². The molecule has 0 amide bonds. The first-order chi connectivity index (χ1) is 28.0. The Morgan fingerprint density at radius 2 is 0.895 bits per heavy atom. The molecule has 10 aromatic rings. The predicted octanol–water partition coefficient (Wildman–Crippen LogP) is 14.0. The predicted molar refractivity (Wildman–Crippen MR) is 237 cm³/mol. The molecule has 0 spiro atoms. The van der Waals surface area contributed by atoms with Crippen LogP contribution >= 0.6 is 0 Å². The quantitative estimate of drug-likeness (QED) is 0.131. The van der Waals surface area contributed by atoms with Crippen molar-refractivity contribution in [2.75, 3.05) is 0 Å². The highest BCUT2D eigenvalue weighted by atomic mass is 15.0. The zero-order chi connectivity index (χ0) is 38.1. The summed E-state index contributed by atoms with van der Waals surface area (Å²) in [5.74, 6) is 1.93. The topological polar surface area (TPSA) is 38.7 Å². The van der Waals surface area contributed by atoms with Gasteiger partial charge in [-0.1, -0.05) is 190 Å². The molecule has 1 aliphatic carbocycles. The summed E-state index contributed by atoms with van der Waals surface area (Å²) in [4.78, 5) is 15.4. The van der Waals surface area contributed by atoms with E-state index in [2.05, 4.69) is 184 Å². The van der Waals surface area contributed by atoms with Crippen LogP contribution in [-0.2, 0) is 5.41 Å². The SMILES string of the molecule is CC1(C)c2ccccc2-c2cccc(-c3cccc(-c4nc(-c5ccccc5)nc(-c5ccc(-c6c7ccccc7cc7c6ccc6ccccc67)cc5)n4)c3)c21. The van der Waals surface area contributed by atoms with Crippen LogP contribution in [0, 0.1) is 0 Å². The smallest absolute Gasteiger partial charge is 0.164 e. The van der Waals surface area contributed by atoms with Crippen molar-refractivity contribution in [1.82, 2.24) is 15.0 Å². The molecule has 0 aliphatic heterocycles. The normalized spacial score (nSPS) is 12.9. The lowest BCUT2D eigenvalue weighted by atomic mass is 9.79. The number of aromatic nitrogens is 3. The maximum Gasteiger partial charge on any atom is 0.164 e. The maximum atomic E-state index is 5.18. The number of hydrogen-bond donors (Lipinski definition) is 0. The van der Waals surface area contributed by atoms with Crippen molar-refractivity contribution in [2.24, 2.45) is 0 Å². The molecule has 9 aromatic carbocycles. The first-order valence-corrected chi connectivity index (χ1v) is 19.6. The number of hydrogen-bond acceptors (Lipinski definition) is 3. The van der Waals surface area contributed by atoms with Crippen molar-refractivity contribution >= 4 is 32.3 Å². The Bertz CT molecular complexity index is 3200. The van der Waals surface area contributed by atoms with Crippen LogP contribution < -0.4 is 0 Å². The van der Waals surface area contributed by atoms with E-state index in [1.807, 2.05) is 18.2 Å². The lowest BCUT2D eigenvalue weighted by Crippen LogP contribution is -2.16. The van der Waals surface area contributed by atoms with Gasteiger partial charge < -0.3 is 0 Å². The number of nitrogens with zero attached hydrogens (tertiary/aromatic N) is 3. The summed E-state index contributed by atoms with van der Waals surface area (Å²) >= 11 is 0. The summed E-state index contributed by atoms with van der Waals surface area (Å²) in [6, 6.07) is 67.3. The van der Waals surface area contributed by atoms with E-state index in [9.17, 15) is 0 Å². The molecule has 0 atom stereocenters. The van der Waals surface area contributed by atoms with Gasteiger partial charge >= 0.3 is 0 Å². The second-order valence-electron chi connectivity index (χ2n) is 15.6. The molecule has 0 saturated carbocycles. The number of fused-ring (bicyclic) bond motifs is 7. The van der Waals surface area contributed by atoms with E-state index < -0.39 is 0 Å². The molecule has 3 heteroatoms. The van der Waals surface area contributed by atoms with Crippen LogP contribution in [0.15, 0.2) is 188 Å². The van der Waals surface area contributed by atoms with E-state index in [0.29, 0.717) is 17.5 Å². The number of rotatable bonds is 5. The molecule has 1 aliphatic rings. The Hall–Kier alpha value is -7.23. The minimum atomic E-state index is -0.127. The standard InChI is InChI=1S/C54H37N3/c1-54(2)48-25-11-10-22-44(48)46-24-13-23-43(50(46)54)38-18-12-19-40(32-38)53-56-51(36-15-4-3-5-16-36)55-52(57-53)37-28-26-35(27-29-37)49-42-21-9-7-17-39(42)33-47-41-20-8-6-14-34(41)30-31-45(47)49/h3-33H,1-2H3. The molecule has 1 heterocycles. The number of benzene rings is 9. The molecule has 57 heavy (non-hydrogen) atoms. The zero-order valence-electron chi connectivity index (χ0n) is 31.7. The van der Waals surface area contributed by atoms with Crippen molar-refractivity contribution < 1.29 is 0 Å². The molecular formula is C54H37N3. The Kier molecular flexibility index (Phi) is 7.52. The first kappa shape index (κ1) is 33.1. The third-order valence-corrected chi connectivity index (χ3v) is 11.9. The van der Waals surface area contributed by atoms with Crippen molar-refractivity contribution in [3.63, 3.8) is 0 Å². The van der Waals surface area contributed by atoms with Gasteiger partial charge in [0.15, 0.2) is 17.5 Å². The van der Waals surface area contributed by atoms with Gasteiger partial charge in [-0.3, -0.25) is 0 Å². The Labute approximate surface area is 332 Å². The molecule has 0 radical (unpaired) electrons. The zero-order valence-corrected chi connectivity index (χ0v) is 31.7. The van der Waals surface area contributed by atoms with Gasteiger partial charge in [0, 0.05) is 22.1 Å². The summed E-state index contributed by atoms with van der Waals surface area (Å²) in [6.45, 7) is 4.68. The van der Waals surface area contributed by atoms with Gasteiger partial charge in [-0.2, -0.15) is 0 Å². The Balaban J connectivity index is 1.04. The fourth-order valence-corrected chi connectivity index (χ4v) is 9.18.